The fourth-order valence-electron chi connectivity index (χ4n) is 3.11. The number of sulfonamides is 1. The van der Waals surface area contributed by atoms with E-state index in [1.165, 1.54) is 6.92 Å². The lowest BCUT2D eigenvalue weighted by Gasteiger charge is -2.36. The van der Waals surface area contributed by atoms with Crippen molar-refractivity contribution in [2.75, 3.05) is 13.1 Å². The van der Waals surface area contributed by atoms with Crippen LogP contribution in [0.4, 0.5) is 0 Å². The van der Waals surface area contributed by atoms with E-state index in [0.717, 1.165) is 12.8 Å². The van der Waals surface area contributed by atoms with Gasteiger partial charge in [-0.3, -0.25) is 4.79 Å². The molecule has 9 heteroatoms. The SMILES string of the molecule is Cc1noc(C)c1S(=O)(=O)NC(C)C(=O)N1CCCC(C(C)N)C1. The number of hydrogen-bond donors (Lipinski definition) is 2. The number of nitrogens with two attached hydrogens (primary N) is 1. The molecule has 0 aliphatic carbocycles. The summed E-state index contributed by atoms with van der Waals surface area (Å²) in [6, 6.07) is -0.856. The van der Waals surface area contributed by atoms with Crippen molar-refractivity contribution in [2.45, 2.75) is 57.5 Å². The zero-order valence-electron chi connectivity index (χ0n) is 14.6. The highest BCUT2D eigenvalue weighted by atomic mass is 32.2. The highest BCUT2D eigenvalue weighted by Gasteiger charge is 2.32. The number of aromatic nitrogens is 1. The predicted octanol–water partition coefficient (Wildman–Crippen LogP) is 0.544. The van der Waals surface area contributed by atoms with E-state index in [0.29, 0.717) is 13.1 Å². The molecule has 1 aliphatic heterocycles. The lowest BCUT2D eigenvalue weighted by atomic mass is 9.92. The Balaban J connectivity index is 2.09. The number of nitrogens with zero attached hydrogens (tertiary/aromatic N) is 2. The monoisotopic (exact) mass is 358 g/mol. The first kappa shape index (κ1) is 18.9. The third-order valence-electron chi connectivity index (χ3n) is 4.45. The van der Waals surface area contributed by atoms with E-state index in [2.05, 4.69) is 9.88 Å². The van der Waals surface area contributed by atoms with Crippen LogP contribution in [0, 0.1) is 19.8 Å². The molecule has 1 aromatic heterocycles. The lowest BCUT2D eigenvalue weighted by Crippen LogP contribution is -2.51. The zero-order chi connectivity index (χ0) is 18.1. The summed E-state index contributed by atoms with van der Waals surface area (Å²) < 4.78 is 32.3. The Labute approximate surface area is 142 Å². The van der Waals surface area contributed by atoms with Gasteiger partial charge in [0, 0.05) is 19.1 Å². The standard InChI is InChI=1S/C15H26N4O4S/c1-9(16)13-6-5-7-19(8-13)15(20)11(3)18-24(21,22)14-10(2)17-23-12(14)4/h9,11,13,18H,5-8,16H2,1-4H3. The average Bonchev–Trinajstić information content (AvgIpc) is 2.85. The van der Waals surface area contributed by atoms with Crippen LogP contribution in [0.2, 0.25) is 0 Å². The molecule has 0 spiro atoms. The summed E-state index contributed by atoms with van der Waals surface area (Å²) in [4.78, 5) is 14.3. The second-order valence-electron chi connectivity index (χ2n) is 6.54. The van der Waals surface area contributed by atoms with Gasteiger partial charge in [-0.2, -0.15) is 4.72 Å². The molecule has 3 atom stereocenters. The minimum absolute atomic E-state index is 0.00532. The van der Waals surface area contributed by atoms with Crippen molar-refractivity contribution in [1.82, 2.24) is 14.8 Å². The van der Waals surface area contributed by atoms with Crippen molar-refractivity contribution in [1.29, 1.82) is 0 Å². The maximum atomic E-state index is 12.6. The molecule has 1 amide bonds. The Bertz CT molecular complexity index is 679. The molecule has 1 aromatic rings. The maximum Gasteiger partial charge on any atom is 0.246 e. The van der Waals surface area contributed by atoms with Crippen molar-refractivity contribution >= 4 is 15.9 Å². The van der Waals surface area contributed by atoms with Gasteiger partial charge in [0.2, 0.25) is 15.9 Å². The summed E-state index contributed by atoms with van der Waals surface area (Å²) in [5, 5.41) is 3.65. The number of nitrogens with one attached hydrogen (secondary N) is 1. The van der Waals surface area contributed by atoms with Crippen molar-refractivity contribution < 1.29 is 17.7 Å². The van der Waals surface area contributed by atoms with E-state index in [1.807, 2.05) is 6.92 Å². The van der Waals surface area contributed by atoms with Gasteiger partial charge in [0.25, 0.3) is 0 Å². The van der Waals surface area contributed by atoms with E-state index in [4.69, 9.17) is 10.3 Å². The Kier molecular flexibility index (Phi) is 5.67. The van der Waals surface area contributed by atoms with Gasteiger partial charge in [0.05, 0.1) is 6.04 Å². The summed E-state index contributed by atoms with van der Waals surface area (Å²) in [7, 11) is -3.87. The third kappa shape index (κ3) is 3.96. The van der Waals surface area contributed by atoms with E-state index in [9.17, 15) is 13.2 Å². The first-order valence-electron chi connectivity index (χ1n) is 8.13. The Morgan fingerprint density at radius 1 is 1.42 bits per heavy atom. The summed E-state index contributed by atoms with van der Waals surface area (Å²) >= 11 is 0. The molecule has 1 saturated heterocycles. The molecule has 1 fully saturated rings. The number of likely N-dealkylation sites (tertiary alicyclic amines) is 1. The van der Waals surface area contributed by atoms with Crippen molar-refractivity contribution in [3.8, 4) is 0 Å². The summed E-state index contributed by atoms with van der Waals surface area (Å²) in [6.45, 7) is 7.75. The van der Waals surface area contributed by atoms with Crippen LogP contribution in [-0.2, 0) is 14.8 Å². The molecule has 0 saturated carbocycles. The normalized spacial score (nSPS) is 21.5. The van der Waals surface area contributed by atoms with Crippen LogP contribution in [0.1, 0.15) is 38.1 Å². The molecule has 2 heterocycles. The maximum absolute atomic E-state index is 12.6. The molecule has 0 bridgehead atoms. The first-order chi connectivity index (χ1) is 11.1. The van der Waals surface area contributed by atoms with Crippen LogP contribution in [-0.4, -0.2) is 49.6 Å². The minimum Gasteiger partial charge on any atom is -0.360 e. The van der Waals surface area contributed by atoms with E-state index in [-0.39, 0.29) is 34.2 Å². The number of hydrogen-bond acceptors (Lipinski definition) is 6. The molecule has 2 rings (SSSR count). The highest BCUT2D eigenvalue weighted by molar-refractivity contribution is 7.89. The van der Waals surface area contributed by atoms with E-state index in [1.54, 1.807) is 18.7 Å². The van der Waals surface area contributed by atoms with Gasteiger partial charge in [-0.15, -0.1) is 0 Å². The van der Waals surface area contributed by atoms with Crippen molar-refractivity contribution in [3.05, 3.63) is 11.5 Å². The second kappa shape index (κ2) is 7.20. The number of carbonyl (C=O) groups excluding carboxylic acids is 1. The molecular formula is C15H26N4O4S. The van der Waals surface area contributed by atoms with Gasteiger partial charge in [-0.25, -0.2) is 8.42 Å². The predicted molar refractivity (Wildman–Crippen MR) is 88.7 cm³/mol. The van der Waals surface area contributed by atoms with Gasteiger partial charge in [-0.1, -0.05) is 5.16 Å². The number of amides is 1. The molecule has 3 N–H and O–H groups in total. The van der Waals surface area contributed by atoms with Gasteiger partial charge in [0.1, 0.15) is 10.6 Å². The number of rotatable bonds is 5. The van der Waals surface area contributed by atoms with E-state index < -0.39 is 16.1 Å². The number of piperidine rings is 1. The molecule has 136 valence electrons. The Morgan fingerprint density at radius 2 is 2.08 bits per heavy atom. The largest absolute Gasteiger partial charge is 0.360 e. The van der Waals surface area contributed by atoms with Crippen LogP contribution >= 0.6 is 0 Å². The first-order valence-corrected chi connectivity index (χ1v) is 9.61. The van der Waals surface area contributed by atoms with Gasteiger partial charge in [-0.05, 0) is 46.5 Å². The molecule has 3 unspecified atom stereocenters. The number of carbonyl (C=O) groups is 1. The van der Waals surface area contributed by atoms with Crippen molar-refractivity contribution in [3.63, 3.8) is 0 Å². The zero-order valence-corrected chi connectivity index (χ0v) is 15.4. The topological polar surface area (TPSA) is 119 Å². The van der Waals surface area contributed by atoms with Crippen LogP contribution in [0.25, 0.3) is 0 Å². The molecule has 24 heavy (non-hydrogen) atoms. The van der Waals surface area contributed by atoms with Gasteiger partial charge < -0.3 is 15.2 Å². The fraction of sp³-hybridized carbons (Fsp3) is 0.733. The highest BCUT2D eigenvalue weighted by Crippen LogP contribution is 2.21. The second-order valence-corrected chi connectivity index (χ2v) is 8.19. The minimum atomic E-state index is -3.87. The van der Waals surface area contributed by atoms with E-state index >= 15 is 0 Å². The Morgan fingerprint density at radius 3 is 2.62 bits per heavy atom. The molecule has 0 aromatic carbocycles. The molecular weight excluding hydrogens is 332 g/mol. The fourth-order valence-corrected chi connectivity index (χ4v) is 4.64. The smallest absolute Gasteiger partial charge is 0.246 e. The third-order valence-corrected chi connectivity index (χ3v) is 6.24. The van der Waals surface area contributed by atoms with Crippen LogP contribution in [0.3, 0.4) is 0 Å². The molecule has 8 nitrogen and oxygen atoms in total. The van der Waals surface area contributed by atoms with Crippen molar-refractivity contribution in [2.24, 2.45) is 11.7 Å². The average molecular weight is 358 g/mol. The number of aryl methyl sites for hydroxylation is 2. The van der Waals surface area contributed by atoms with Crippen LogP contribution in [0.5, 0.6) is 0 Å². The molecule has 1 aliphatic rings. The summed E-state index contributed by atoms with van der Waals surface area (Å²) in [6.07, 6.45) is 1.86. The molecule has 0 radical (unpaired) electrons. The van der Waals surface area contributed by atoms with Crippen LogP contribution < -0.4 is 10.5 Å². The lowest BCUT2D eigenvalue weighted by molar-refractivity contribution is -0.134. The van der Waals surface area contributed by atoms with Crippen LogP contribution in [0.15, 0.2) is 9.42 Å². The Hall–Kier alpha value is -1.45. The summed E-state index contributed by atoms with van der Waals surface area (Å²) in [5.41, 5.74) is 6.21. The van der Waals surface area contributed by atoms with Gasteiger partial charge >= 0.3 is 0 Å². The summed E-state index contributed by atoms with van der Waals surface area (Å²) in [5.74, 6) is 0.208. The van der Waals surface area contributed by atoms with Gasteiger partial charge in [0.15, 0.2) is 5.76 Å². The quantitative estimate of drug-likeness (QED) is 0.793.